The molecule has 0 aliphatic rings. The zero-order valence-corrected chi connectivity index (χ0v) is 18.5. The van der Waals surface area contributed by atoms with Gasteiger partial charge in [-0.3, -0.25) is 18.7 Å². The van der Waals surface area contributed by atoms with Crippen LogP contribution >= 0.6 is 15.2 Å². The summed E-state index contributed by atoms with van der Waals surface area (Å²) in [6.45, 7) is 4.66. The molecule has 172 valence electrons. The summed E-state index contributed by atoms with van der Waals surface area (Å²) in [4.78, 5) is 60.3. The molecule has 0 aliphatic carbocycles. The van der Waals surface area contributed by atoms with Crippen molar-refractivity contribution in [3.05, 3.63) is 35.4 Å². The number of hydrogen-bond acceptors (Lipinski definition) is 5. The molecule has 2 atom stereocenters. The van der Waals surface area contributed by atoms with Gasteiger partial charge in [0.05, 0.1) is 0 Å². The van der Waals surface area contributed by atoms with Gasteiger partial charge in [-0.05, 0) is 25.5 Å². The second-order valence-electron chi connectivity index (χ2n) is 6.72. The number of carbonyl (C=O) groups is 2. The van der Waals surface area contributed by atoms with Crippen molar-refractivity contribution in [1.29, 1.82) is 0 Å². The van der Waals surface area contributed by atoms with Crippen LogP contribution in [0, 0.1) is 6.92 Å². The number of aryl methyl sites for hydroxylation is 1. The second kappa shape index (κ2) is 11.7. The minimum atomic E-state index is -5.57. The molecule has 0 spiro atoms. The summed E-state index contributed by atoms with van der Waals surface area (Å²) in [6, 6.07) is 4.83. The summed E-state index contributed by atoms with van der Waals surface area (Å²) in [5.74, 6) is -4.14. The van der Waals surface area contributed by atoms with E-state index in [1.165, 1.54) is 31.4 Å². The fraction of sp³-hybridized carbons (Fsp3) is 0.529. The highest BCUT2D eigenvalue weighted by atomic mass is 31.2. The van der Waals surface area contributed by atoms with Crippen LogP contribution in [0.4, 0.5) is 0 Å². The van der Waals surface area contributed by atoms with Crippen molar-refractivity contribution in [2.45, 2.75) is 50.3 Å². The summed E-state index contributed by atoms with van der Waals surface area (Å²) in [7, 11) is -10.9. The molecule has 8 N–H and O–H groups in total. The van der Waals surface area contributed by atoms with E-state index in [1.807, 2.05) is 0 Å². The van der Waals surface area contributed by atoms with Gasteiger partial charge in [0.2, 0.25) is 0 Å². The zero-order chi connectivity index (χ0) is 23.8. The Morgan fingerprint density at radius 1 is 1.03 bits per heavy atom. The standard InChI is InChI=1S/C12H16O10P2.C5H13N/c1-7-2-4-8(5-3-7)12(11(15)16,24(20,21)22)6-9(10(13)14)23(17,18)19;1-2-3-4-5-6/h2-5,9H,6H2,1H3,(H,13,14)(H,15,16)(H2,17,18,19)(H2,20,21,22);2-6H2,1H3. The lowest BCUT2D eigenvalue weighted by molar-refractivity contribution is -0.142. The Hall–Kier alpha value is -1.58. The summed E-state index contributed by atoms with van der Waals surface area (Å²) in [5, 5.41) is 15.3. The molecule has 30 heavy (non-hydrogen) atoms. The summed E-state index contributed by atoms with van der Waals surface area (Å²) in [5.41, 5.74) is 2.80. The van der Waals surface area contributed by atoms with Gasteiger partial charge in [0, 0.05) is 6.42 Å². The molecule has 1 rings (SSSR count). The Bertz CT molecular complexity index is 797. The molecule has 11 nitrogen and oxygen atoms in total. The van der Waals surface area contributed by atoms with E-state index in [9.17, 15) is 33.6 Å². The monoisotopic (exact) mass is 469 g/mol. The smallest absolute Gasteiger partial charge is 0.347 e. The first kappa shape index (κ1) is 28.4. The van der Waals surface area contributed by atoms with Crippen LogP contribution in [-0.2, 0) is 23.9 Å². The van der Waals surface area contributed by atoms with Crippen LogP contribution in [0.15, 0.2) is 24.3 Å². The molecular formula is C17H29NO10P2. The third kappa shape index (κ3) is 7.59. The largest absolute Gasteiger partial charge is 0.481 e. The molecule has 0 bridgehead atoms. The number of unbranched alkanes of at least 4 members (excludes halogenated alkanes) is 2. The van der Waals surface area contributed by atoms with Gasteiger partial charge in [0.15, 0.2) is 10.8 Å². The number of benzene rings is 1. The normalized spacial score (nSPS) is 14.8. The Morgan fingerprint density at radius 3 is 1.80 bits per heavy atom. The molecule has 0 heterocycles. The lowest BCUT2D eigenvalue weighted by Gasteiger charge is -2.32. The summed E-state index contributed by atoms with van der Waals surface area (Å²) >= 11 is 0. The topological polar surface area (TPSA) is 216 Å². The molecule has 0 saturated carbocycles. The molecule has 0 radical (unpaired) electrons. The number of rotatable bonds is 10. The van der Waals surface area contributed by atoms with Crippen molar-refractivity contribution in [1.82, 2.24) is 0 Å². The highest BCUT2D eigenvalue weighted by Gasteiger charge is 2.59. The van der Waals surface area contributed by atoms with Crippen LogP contribution in [0.25, 0.3) is 0 Å². The average molecular weight is 469 g/mol. The van der Waals surface area contributed by atoms with Crippen LogP contribution in [0.3, 0.4) is 0 Å². The van der Waals surface area contributed by atoms with Crippen LogP contribution in [0.1, 0.15) is 43.7 Å². The van der Waals surface area contributed by atoms with E-state index in [0.717, 1.165) is 18.7 Å². The van der Waals surface area contributed by atoms with Gasteiger partial charge < -0.3 is 35.5 Å². The van der Waals surface area contributed by atoms with Crippen LogP contribution in [0.5, 0.6) is 0 Å². The van der Waals surface area contributed by atoms with Crippen molar-refractivity contribution in [3.8, 4) is 0 Å². The van der Waals surface area contributed by atoms with E-state index in [1.54, 1.807) is 6.92 Å². The fourth-order valence-electron chi connectivity index (χ4n) is 2.59. The number of carboxylic acid groups (broad SMARTS) is 2. The van der Waals surface area contributed by atoms with E-state index in [-0.39, 0.29) is 0 Å². The number of nitrogens with two attached hydrogens (primary N) is 1. The summed E-state index contributed by atoms with van der Waals surface area (Å²) < 4.78 is 23.3. The predicted molar refractivity (Wildman–Crippen MR) is 109 cm³/mol. The van der Waals surface area contributed by atoms with Gasteiger partial charge in [-0.25, -0.2) is 0 Å². The highest BCUT2D eigenvalue weighted by Crippen LogP contribution is 2.62. The number of hydrogen-bond donors (Lipinski definition) is 7. The first-order chi connectivity index (χ1) is 13.6. The fourth-order valence-corrected chi connectivity index (χ4v) is 4.69. The number of aliphatic carboxylic acids is 2. The molecule has 0 fully saturated rings. The van der Waals surface area contributed by atoms with E-state index in [2.05, 4.69) is 6.92 Å². The van der Waals surface area contributed by atoms with Crippen LogP contribution in [-0.4, -0.2) is 53.9 Å². The van der Waals surface area contributed by atoms with Gasteiger partial charge >= 0.3 is 27.1 Å². The Balaban J connectivity index is 0.00000122. The van der Waals surface area contributed by atoms with Gasteiger partial charge in [-0.2, -0.15) is 0 Å². The van der Waals surface area contributed by atoms with E-state index in [0.29, 0.717) is 5.56 Å². The van der Waals surface area contributed by atoms with Gasteiger partial charge in [-0.15, -0.1) is 0 Å². The maximum atomic E-state index is 11.9. The van der Waals surface area contributed by atoms with Crippen LogP contribution < -0.4 is 5.73 Å². The molecule has 0 amide bonds. The van der Waals surface area contributed by atoms with Gasteiger partial charge in [-0.1, -0.05) is 49.6 Å². The molecule has 1 aromatic rings. The van der Waals surface area contributed by atoms with Gasteiger partial charge in [0.25, 0.3) is 0 Å². The van der Waals surface area contributed by atoms with Crippen molar-refractivity contribution < 1.29 is 48.5 Å². The summed E-state index contributed by atoms with van der Waals surface area (Å²) in [6.07, 6.45) is 2.28. The number of carboxylic acids is 2. The SMILES string of the molecule is CCCCCN.Cc1ccc(C(CC(C(=O)O)P(=O)(O)O)(C(=O)O)P(=O)(O)O)cc1. The van der Waals surface area contributed by atoms with Crippen molar-refractivity contribution in [2.75, 3.05) is 6.54 Å². The third-order valence-corrected chi connectivity index (χ3v) is 7.21. The zero-order valence-electron chi connectivity index (χ0n) is 16.7. The predicted octanol–water partition coefficient (Wildman–Crippen LogP) is 1.61. The Kier molecular flexibility index (Phi) is 11.1. The van der Waals surface area contributed by atoms with Crippen LogP contribution in [0.2, 0.25) is 0 Å². The Morgan fingerprint density at radius 2 is 1.53 bits per heavy atom. The molecular weight excluding hydrogens is 440 g/mol. The van der Waals surface area contributed by atoms with E-state index in [4.69, 9.17) is 20.6 Å². The third-order valence-electron chi connectivity index (χ3n) is 4.37. The van der Waals surface area contributed by atoms with E-state index >= 15 is 0 Å². The quantitative estimate of drug-likeness (QED) is 0.193. The minimum Gasteiger partial charge on any atom is -0.481 e. The molecule has 2 unspecified atom stereocenters. The van der Waals surface area contributed by atoms with E-state index < -0.39 is 49.9 Å². The van der Waals surface area contributed by atoms with Crippen molar-refractivity contribution >= 4 is 27.1 Å². The highest BCUT2D eigenvalue weighted by molar-refractivity contribution is 7.55. The lowest BCUT2D eigenvalue weighted by Crippen LogP contribution is -2.41. The Labute approximate surface area is 174 Å². The average Bonchev–Trinajstić information content (AvgIpc) is 2.59. The maximum Gasteiger partial charge on any atom is 0.347 e. The second-order valence-corrected chi connectivity index (χ2v) is 10.4. The first-order valence-electron chi connectivity index (χ1n) is 8.99. The minimum absolute atomic E-state index is 0.450. The maximum absolute atomic E-state index is 11.9. The lowest BCUT2D eigenvalue weighted by atomic mass is 9.92. The van der Waals surface area contributed by atoms with Crippen molar-refractivity contribution in [3.63, 3.8) is 0 Å². The molecule has 1 aromatic carbocycles. The molecule has 0 aliphatic heterocycles. The van der Waals surface area contributed by atoms with Gasteiger partial charge in [0.1, 0.15) is 0 Å². The first-order valence-corrected chi connectivity index (χ1v) is 12.3. The van der Waals surface area contributed by atoms with Crippen molar-refractivity contribution in [2.24, 2.45) is 5.73 Å². The molecule has 13 heteroatoms. The molecule has 0 aromatic heterocycles. The molecule has 0 saturated heterocycles.